The molecule has 1 unspecified atom stereocenters. The van der Waals surface area contributed by atoms with Crippen molar-refractivity contribution in [1.29, 1.82) is 0 Å². The standard InChI is InChI=1S/C20H32N4O3S/c1-20(2,24-9-11-27-12-10-24)15-21-18(25)13-23(3)14-19(26)22-16-7-5-6-8-17(16)28-4/h5-8H,9-15H2,1-4H3,(H,21,25)(H,22,26)/p+2. The van der Waals surface area contributed by atoms with E-state index in [1.165, 1.54) is 4.90 Å². The number of carbonyl (C=O) groups excluding carboxylic acids is 2. The number of benzene rings is 1. The molecule has 2 rings (SSSR count). The van der Waals surface area contributed by atoms with E-state index in [4.69, 9.17) is 4.74 Å². The summed E-state index contributed by atoms with van der Waals surface area (Å²) in [6.07, 6.45) is 1.98. The van der Waals surface area contributed by atoms with E-state index in [1.807, 2.05) is 37.6 Å². The van der Waals surface area contributed by atoms with Gasteiger partial charge in [0.2, 0.25) is 0 Å². The van der Waals surface area contributed by atoms with E-state index >= 15 is 0 Å². The number of para-hydroxylation sites is 1. The molecule has 0 aromatic heterocycles. The van der Waals surface area contributed by atoms with E-state index in [9.17, 15) is 9.59 Å². The Labute approximate surface area is 172 Å². The van der Waals surface area contributed by atoms with Crippen molar-refractivity contribution in [3.05, 3.63) is 24.3 Å². The normalized spacial score (nSPS) is 16.4. The van der Waals surface area contributed by atoms with E-state index in [0.29, 0.717) is 6.54 Å². The molecule has 7 nitrogen and oxygen atoms in total. The van der Waals surface area contributed by atoms with Gasteiger partial charge in [-0.3, -0.25) is 9.59 Å². The molecule has 0 saturated carbocycles. The smallest absolute Gasteiger partial charge is 0.279 e. The molecule has 1 aliphatic heterocycles. The minimum Gasteiger partial charge on any atom is -0.370 e. The van der Waals surface area contributed by atoms with Crippen molar-refractivity contribution in [2.75, 3.05) is 64.6 Å². The Balaban J connectivity index is 1.74. The predicted molar refractivity (Wildman–Crippen MR) is 112 cm³/mol. The van der Waals surface area contributed by atoms with Gasteiger partial charge in [-0.25, -0.2) is 0 Å². The van der Waals surface area contributed by atoms with Gasteiger partial charge in [-0.05, 0) is 32.2 Å². The van der Waals surface area contributed by atoms with Gasteiger partial charge >= 0.3 is 0 Å². The Kier molecular flexibility index (Phi) is 8.75. The quantitative estimate of drug-likeness (QED) is 0.381. The topological polar surface area (TPSA) is 76.3 Å². The molecule has 1 heterocycles. The maximum absolute atomic E-state index is 12.3. The van der Waals surface area contributed by atoms with Crippen LogP contribution >= 0.6 is 11.8 Å². The lowest BCUT2D eigenvalue weighted by Crippen LogP contribution is -3.22. The SMILES string of the molecule is CSc1ccccc1NC(=O)C[NH+](C)CC(=O)NCC(C)(C)[NH+]1CCOCC1. The summed E-state index contributed by atoms with van der Waals surface area (Å²) in [5.74, 6) is -0.125. The van der Waals surface area contributed by atoms with Crippen molar-refractivity contribution in [1.82, 2.24) is 5.32 Å². The van der Waals surface area contributed by atoms with Gasteiger partial charge in [-0.1, -0.05) is 12.1 Å². The van der Waals surface area contributed by atoms with E-state index in [-0.39, 0.29) is 30.4 Å². The van der Waals surface area contributed by atoms with Crippen LogP contribution < -0.4 is 20.4 Å². The fraction of sp³-hybridized carbons (Fsp3) is 0.600. The molecule has 0 radical (unpaired) electrons. The third-order valence-corrected chi connectivity index (χ3v) is 5.88. The van der Waals surface area contributed by atoms with Crippen LogP contribution in [0.3, 0.4) is 0 Å². The van der Waals surface area contributed by atoms with Crippen LogP contribution in [0.5, 0.6) is 0 Å². The van der Waals surface area contributed by atoms with Crippen molar-refractivity contribution < 1.29 is 24.1 Å². The highest BCUT2D eigenvalue weighted by Gasteiger charge is 2.32. The summed E-state index contributed by atoms with van der Waals surface area (Å²) in [7, 11) is 1.86. The Morgan fingerprint density at radius 1 is 1.18 bits per heavy atom. The number of thioether (sulfide) groups is 1. The molecule has 1 saturated heterocycles. The first-order valence-corrected chi connectivity index (χ1v) is 11.0. The number of nitrogens with one attached hydrogen (secondary N) is 4. The molecular formula is C20H34N4O3S+2. The van der Waals surface area contributed by atoms with Crippen LogP contribution in [-0.4, -0.2) is 76.6 Å². The lowest BCUT2D eigenvalue weighted by Gasteiger charge is -2.37. The maximum Gasteiger partial charge on any atom is 0.279 e. The number of amides is 2. The molecule has 28 heavy (non-hydrogen) atoms. The van der Waals surface area contributed by atoms with Crippen LogP contribution in [0.2, 0.25) is 0 Å². The molecule has 8 heteroatoms. The van der Waals surface area contributed by atoms with E-state index in [0.717, 1.165) is 41.8 Å². The van der Waals surface area contributed by atoms with Crippen LogP contribution in [0, 0.1) is 0 Å². The summed E-state index contributed by atoms with van der Waals surface area (Å²) in [5, 5.41) is 5.97. The maximum atomic E-state index is 12.3. The molecule has 4 N–H and O–H groups in total. The van der Waals surface area contributed by atoms with Crippen molar-refractivity contribution in [2.45, 2.75) is 24.3 Å². The molecule has 0 bridgehead atoms. The Morgan fingerprint density at radius 2 is 1.82 bits per heavy atom. The lowest BCUT2D eigenvalue weighted by molar-refractivity contribution is -0.954. The second kappa shape index (κ2) is 10.8. The minimum atomic E-state index is -0.0927. The van der Waals surface area contributed by atoms with Crippen LogP contribution in [0.25, 0.3) is 0 Å². The first kappa shape index (κ1) is 22.7. The molecule has 1 atom stereocenters. The highest BCUT2D eigenvalue weighted by molar-refractivity contribution is 7.98. The van der Waals surface area contributed by atoms with E-state index < -0.39 is 0 Å². The summed E-state index contributed by atoms with van der Waals surface area (Å²) in [4.78, 5) is 28.0. The Hall–Kier alpha value is -1.61. The monoisotopic (exact) mass is 410 g/mol. The average molecular weight is 411 g/mol. The average Bonchev–Trinajstić information content (AvgIpc) is 2.67. The van der Waals surface area contributed by atoms with E-state index in [2.05, 4.69) is 24.5 Å². The number of ether oxygens (including phenoxy) is 1. The molecule has 1 aliphatic rings. The van der Waals surface area contributed by atoms with Gasteiger partial charge in [0.25, 0.3) is 11.8 Å². The van der Waals surface area contributed by atoms with Gasteiger partial charge in [-0.15, -0.1) is 11.8 Å². The number of quaternary nitrogens is 2. The number of hydrogen-bond acceptors (Lipinski definition) is 4. The van der Waals surface area contributed by atoms with Gasteiger partial charge in [-0.2, -0.15) is 0 Å². The van der Waals surface area contributed by atoms with Gasteiger partial charge in [0.15, 0.2) is 13.1 Å². The van der Waals surface area contributed by atoms with Crippen molar-refractivity contribution >= 4 is 29.3 Å². The first-order valence-electron chi connectivity index (χ1n) is 9.75. The summed E-state index contributed by atoms with van der Waals surface area (Å²) in [6.45, 7) is 8.94. The van der Waals surface area contributed by atoms with Crippen LogP contribution in [0.4, 0.5) is 5.69 Å². The largest absolute Gasteiger partial charge is 0.370 e. The van der Waals surface area contributed by atoms with Gasteiger partial charge < -0.3 is 25.2 Å². The highest BCUT2D eigenvalue weighted by atomic mass is 32.2. The predicted octanol–water partition coefficient (Wildman–Crippen LogP) is -1.33. The summed E-state index contributed by atoms with van der Waals surface area (Å²) >= 11 is 1.59. The number of morpholine rings is 1. The molecule has 1 aromatic carbocycles. The van der Waals surface area contributed by atoms with Crippen molar-refractivity contribution in [3.8, 4) is 0 Å². The third-order valence-electron chi connectivity index (χ3n) is 5.09. The fourth-order valence-corrected chi connectivity index (χ4v) is 3.91. The molecule has 2 amide bonds. The van der Waals surface area contributed by atoms with Crippen molar-refractivity contribution in [3.63, 3.8) is 0 Å². The summed E-state index contributed by atoms with van der Waals surface area (Å²) in [6, 6.07) is 7.71. The molecule has 0 aliphatic carbocycles. The molecule has 0 spiro atoms. The van der Waals surface area contributed by atoms with Gasteiger partial charge in [0, 0.05) is 4.90 Å². The van der Waals surface area contributed by atoms with Gasteiger partial charge in [0.1, 0.15) is 18.6 Å². The molecular weight excluding hydrogens is 376 g/mol. The fourth-order valence-electron chi connectivity index (χ4n) is 3.35. The Bertz CT molecular complexity index is 663. The number of carbonyl (C=O) groups is 2. The summed E-state index contributed by atoms with van der Waals surface area (Å²) in [5.41, 5.74) is 0.777. The number of hydrogen-bond donors (Lipinski definition) is 4. The van der Waals surface area contributed by atoms with E-state index in [1.54, 1.807) is 11.8 Å². The zero-order valence-electron chi connectivity index (χ0n) is 17.4. The Morgan fingerprint density at radius 3 is 2.50 bits per heavy atom. The minimum absolute atomic E-state index is 0.0319. The highest BCUT2D eigenvalue weighted by Crippen LogP contribution is 2.24. The van der Waals surface area contributed by atoms with Crippen LogP contribution in [-0.2, 0) is 14.3 Å². The zero-order chi connectivity index (χ0) is 20.6. The molecule has 156 valence electrons. The molecule has 1 fully saturated rings. The van der Waals surface area contributed by atoms with Crippen molar-refractivity contribution in [2.24, 2.45) is 0 Å². The first-order chi connectivity index (χ1) is 13.3. The second-order valence-corrected chi connectivity index (χ2v) is 8.78. The number of likely N-dealkylation sites (N-methyl/N-ethyl adjacent to an activating group) is 1. The number of rotatable bonds is 9. The zero-order valence-corrected chi connectivity index (χ0v) is 18.2. The molecule has 1 aromatic rings. The van der Waals surface area contributed by atoms with Crippen LogP contribution in [0.1, 0.15) is 13.8 Å². The second-order valence-electron chi connectivity index (χ2n) is 7.94. The number of anilines is 1. The van der Waals surface area contributed by atoms with Gasteiger partial charge in [0.05, 0.1) is 32.5 Å². The lowest BCUT2D eigenvalue weighted by atomic mass is 10.0. The summed E-state index contributed by atoms with van der Waals surface area (Å²) < 4.78 is 5.42. The third kappa shape index (κ3) is 7.09. The van der Waals surface area contributed by atoms with Crippen LogP contribution in [0.15, 0.2) is 29.2 Å².